The average Bonchev–Trinajstić information content (AvgIpc) is 2.87. The van der Waals surface area contributed by atoms with E-state index in [9.17, 15) is 0 Å². The third kappa shape index (κ3) is 2.98. The molecule has 0 bridgehead atoms. The molecule has 5 heteroatoms. The van der Waals surface area contributed by atoms with Crippen LogP contribution in [-0.4, -0.2) is 38.2 Å². The summed E-state index contributed by atoms with van der Waals surface area (Å²) >= 11 is 0. The van der Waals surface area contributed by atoms with Gasteiger partial charge in [-0.05, 0) is 44.5 Å². The van der Waals surface area contributed by atoms with Crippen molar-refractivity contribution in [3.8, 4) is 0 Å². The zero-order chi connectivity index (χ0) is 13.1. The van der Waals surface area contributed by atoms with Crippen molar-refractivity contribution in [1.82, 2.24) is 25.1 Å². The predicted octanol–water partition coefficient (Wildman–Crippen LogP) is 1.89. The van der Waals surface area contributed by atoms with E-state index in [-0.39, 0.29) is 0 Å². The molecule has 1 aliphatic rings. The fourth-order valence-corrected chi connectivity index (χ4v) is 2.64. The summed E-state index contributed by atoms with van der Waals surface area (Å²) in [6, 6.07) is 4.14. The Morgan fingerprint density at radius 1 is 1.37 bits per heavy atom. The van der Waals surface area contributed by atoms with Crippen LogP contribution in [0.2, 0.25) is 0 Å². The molecule has 3 heterocycles. The Morgan fingerprint density at radius 3 is 2.84 bits per heavy atom. The van der Waals surface area contributed by atoms with Crippen molar-refractivity contribution in [2.45, 2.75) is 32.2 Å². The maximum Gasteiger partial charge on any atom is 0.153 e. The summed E-state index contributed by atoms with van der Waals surface area (Å²) in [6.45, 7) is 5.15. The van der Waals surface area contributed by atoms with Crippen molar-refractivity contribution in [3.63, 3.8) is 0 Å². The number of hydrogen-bond donors (Lipinski definition) is 1. The number of piperidine rings is 1. The first-order valence-corrected chi connectivity index (χ1v) is 6.81. The molecule has 5 nitrogen and oxygen atoms in total. The van der Waals surface area contributed by atoms with Gasteiger partial charge in [0.05, 0.1) is 0 Å². The summed E-state index contributed by atoms with van der Waals surface area (Å²) in [5, 5.41) is 7.22. The Labute approximate surface area is 113 Å². The highest BCUT2D eigenvalue weighted by Crippen LogP contribution is 2.26. The third-order valence-corrected chi connectivity index (χ3v) is 3.70. The van der Waals surface area contributed by atoms with Gasteiger partial charge in [0.1, 0.15) is 5.82 Å². The number of aromatic amines is 1. The number of nitrogens with zero attached hydrogens (tertiary/aromatic N) is 4. The van der Waals surface area contributed by atoms with Crippen LogP contribution in [0.1, 0.15) is 36.0 Å². The van der Waals surface area contributed by atoms with Gasteiger partial charge < -0.3 is 0 Å². The molecule has 0 radical (unpaired) electrons. The lowest BCUT2D eigenvalue weighted by molar-refractivity contribution is 0.201. The molecular weight excluding hydrogens is 238 g/mol. The molecule has 0 saturated carbocycles. The second-order valence-corrected chi connectivity index (χ2v) is 5.19. The van der Waals surface area contributed by atoms with Crippen LogP contribution >= 0.6 is 0 Å². The zero-order valence-electron chi connectivity index (χ0n) is 11.2. The minimum Gasteiger partial charge on any atom is -0.299 e. The van der Waals surface area contributed by atoms with Crippen molar-refractivity contribution in [2.24, 2.45) is 0 Å². The highest BCUT2D eigenvalue weighted by molar-refractivity contribution is 5.08. The minimum atomic E-state index is 0.509. The average molecular weight is 257 g/mol. The third-order valence-electron chi connectivity index (χ3n) is 3.70. The highest BCUT2D eigenvalue weighted by Gasteiger charge is 2.23. The summed E-state index contributed by atoms with van der Waals surface area (Å²) in [7, 11) is 0. The molecule has 0 spiro atoms. The molecule has 19 heavy (non-hydrogen) atoms. The Bertz CT molecular complexity index is 514. The van der Waals surface area contributed by atoms with E-state index < -0.39 is 0 Å². The molecule has 0 aromatic carbocycles. The maximum absolute atomic E-state index is 4.45. The Balaban J connectivity index is 1.55. The van der Waals surface area contributed by atoms with E-state index in [4.69, 9.17) is 0 Å². The van der Waals surface area contributed by atoms with Gasteiger partial charge in [-0.1, -0.05) is 6.07 Å². The Morgan fingerprint density at radius 2 is 2.21 bits per heavy atom. The van der Waals surface area contributed by atoms with Crippen LogP contribution in [0.25, 0.3) is 0 Å². The van der Waals surface area contributed by atoms with Crippen molar-refractivity contribution >= 4 is 0 Å². The van der Waals surface area contributed by atoms with E-state index in [0.29, 0.717) is 5.92 Å². The van der Waals surface area contributed by atoms with Crippen LogP contribution < -0.4 is 0 Å². The first kappa shape index (κ1) is 12.3. The van der Waals surface area contributed by atoms with Crippen molar-refractivity contribution in [3.05, 3.63) is 41.7 Å². The van der Waals surface area contributed by atoms with Crippen LogP contribution in [0.15, 0.2) is 24.5 Å². The van der Waals surface area contributed by atoms with Gasteiger partial charge in [0.15, 0.2) is 5.82 Å². The first-order chi connectivity index (χ1) is 9.31. The van der Waals surface area contributed by atoms with E-state index in [1.807, 2.05) is 25.4 Å². The fourth-order valence-electron chi connectivity index (χ4n) is 2.64. The van der Waals surface area contributed by atoms with E-state index in [2.05, 4.69) is 31.1 Å². The smallest absolute Gasteiger partial charge is 0.153 e. The second-order valence-electron chi connectivity index (χ2n) is 5.19. The van der Waals surface area contributed by atoms with E-state index in [1.54, 1.807) is 0 Å². The lowest BCUT2D eigenvalue weighted by atomic mass is 9.96. The van der Waals surface area contributed by atoms with Crippen LogP contribution in [0.3, 0.4) is 0 Å². The van der Waals surface area contributed by atoms with Gasteiger partial charge in [0.25, 0.3) is 0 Å². The number of likely N-dealkylation sites (tertiary alicyclic amines) is 1. The number of aryl methyl sites for hydroxylation is 1. The molecule has 2 aromatic heterocycles. The SMILES string of the molecule is Cc1nc(C2CCN(Cc3cccnc3)CC2)n[nH]1. The van der Waals surface area contributed by atoms with Gasteiger partial charge in [-0.15, -0.1) is 0 Å². The predicted molar refractivity (Wildman–Crippen MR) is 72.6 cm³/mol. The molecule has 100 valence electrons. The lowest BCUT2D eigenvalue weighted by Crippen LogP contribution is -2.32. The maximum atomic E-state index is 4.45. The molecule has 1 N–H and O–H groups in total. The number of H-pyrrole nitrogens is 1. The van der Waals surface area contributed by atoms with Gasteiger partial charge in [-0.3, -0.25) is 15.0 Å². The Kier molecular flexibility index (Phi) is 3.55. The molecule has 1 fully saturated rings. The van der Waals surface area contributed by atoms with Crippen molar-refractivity contribution in [2.75, 3.05) is 13.1 Å². The molecule has 0 amide bonds. The Hall–Kier alpha value is -1.75. The van der Waals surface area contributed by atoms with E-state index in [0.717, 1.165) is 44.1 Å². The summed E-state index contributed by atoms with van der Waals surface area (Å²) < 4.78 is 0. The van der Waals surface area contributed by atoms with E-state index >= 15 is 0 Å². The molecule has 0 aliphatic carbocycles. The zero-order valence-corrected chi connectivity index (χ0v) is 11.2. The minimum absolute atomic E-state index is 0.509. The van der Waals surface area contributed by atoms with Crippen LogP contribution in [-0.2, 0) is 6.54 Å². The topological polar surface area (TPSA) is 57.7 Å². The number of pyridine rings is 1. The number of nitrogens with one attached hydrogen (secondary N) is 1. The molecule has 3 rings (SSSR count). The lowest BCUT2D eigenvalue weighted by Gasteiger charge is -2.30. The summed E-state index contributed by atoms with van der Waals surface area (Å²) in [4.78, 5) is 11.1. The highest BCUT2D eigenvalue weighted by atomic mass is 15.2. The molecule has 0 atom stereocenters. The van der Waals surface area contributed by atoms with Gasteiger partial charge in [-0.25, -0.2) is 4.98 Å². The quantitative estimate of drug-likeness (QED) is 0.912. The summed E-state index contributed by atoms with van der Waals surface area (Å²) in [6.07, 6.45) is 6.04. The van der Waals surface area contributed by atoms with Crippen LogP contribution in [0, 0.1) is 6.92 Å². The normalized spacial score (nSPS) is 17.7. The molecule has 2 aromatic rings. The molecular formula is C14H19N5. The van der Waals surface area contributed by atoms with Crippen molar-refractivity contribution in [1.29, 1.82) is 0 Å². The summed E-state index contributed by atoms with van der Waals surface area (Å²) in [5.74, 6) is 2.40. The van der Waals surface area contributed by atoms with Gasteiger partial charge in [-0.2, -0.15) is 5.10 Å². The summed E-state index contributed by atoms with van der Waals surface area (Å²) in [5.41, 5.74) is 1.29. The molecule has 1 saturated heterocycles. The largest absolute Gasteiger partial charge is 0.299 e. The van der Waals surface area contributed by atoms with Gasteiger partial charge in [0, 0.05) is 24.9 Å². The number of hydrogen-bond acceptors (Lipinski definition) is 4. The van der Waals surface area contributed by atoms with Crippen LogP contribution in [0.5, 0.6) is 0 Å². The number of aromatic nitrogens is 4. The van der Waals surface area contributed by atoms with Gasteiger partial charge in [0.2, 0.25) is 0 Å². The number of rotatable bonds is 3. The fraction of sp³-hybridized carbons (Fsp3) is 0.500. The standard InChI is InChI=1S/C14H19N5/c1-11-16-14(18-17-11)13-4-7-19(8-5-13)10-12-3-2-6-15-9-12/h2-3,6,9,13H,4-5,7-8,10H2,1H3,(H,16,17,18). The van der Waals surface area contributed by atoms with Gasteiger partial charge >= 0.3 is 0 Å². The first-order valence-electron chi connectivity index (χ1n) is 6.81. The second kappa shape index (κ2) is 5.48. The van der Waals surface area contributed by atoms with Crippen molar-refractivity contribution < 1.29 is 0 Å². The molecule has 1 aliphatic heterocycles. The van der Waals surface area contributed by atoms with E-state index in [1.165, 1.54) is 5.56 Å². The monoisotopic (exact) mass is 257 g/mol. The van der Waals surface area contributed by atoms with Crippen LogP contribution in [0.4, 0.5) is 0 Å². The molecule has 0 unspecified atom stereocenters.